The van der Waals surface area contributed by atoms with E-state index >= 15 is 0 Å². The Balaban J connectivity index is 1.96. The Morgan fingerprint density at radius 3 is 2.81 bits per heavy atom. The van der Waals surface area contributed by atoms with Crippen molar-refractivity contribution in [2.45, 2.75) is 26.3 Å². The number of thiophene rings is 1. The highest BCUT2D eigenvalue weighted by atomic mass is 32.1. The van der Waals surface area contributed by atoms with Gasteiger partial charge in [-0.3, -0.25) is 0 Å². The molecule has 0 unspecified atom stereocenters. The van der Waals surface area contributed by atoms with Gasteiger partial charge in [-0.25, -0.2) is 11.1 Å². The van der Waals surface area contributed by atoms with E-state index in [0.29, 0.717) is 0 Å². The molecule has 5 rings (SSSR count). The molecular formula is C22H18N3OS+. The van der Waals surface area contributed by atoms with Crippen LogP contribution in [0.2, 0.25) is 0 Å². The van der Waals surface area contributed by atoms with Gasteiger partial charge in [-0.1, -0.05) is 35.6 Å². The van der Waals surface area contributed by atoms with Gasteiger partial charge >= 0.3 is 0 Å². The molecule has 4 nitrogen and oxygen atoms in total. The largest absolute Gasteiger partial charge is 0.454 e. The first-order valence-electron chi connectivity index (χ1n) is 8.83. The molecule has 0 atom stereocenters. The lowest BCUT2D eigenvalue weighted by atomic mass is 9.93. The van der Waals surface area contributed by atoms with Gasteiger partial charge in [-0.15, -0.1) is 0 Å². The molecule has 132 valence electrons. The maximum absolute atomic E-state index is 7.64. The van der Waals surface area contributed by atoms with Crippen molar-refractivity contribution in [1.29, 1.82) is 0 Å². The smallest absolute Gasteiger partial charge is 0.288 e. The maximum Gasteiger partial charge on any atom is 0.288 e. The van der Waals surface area contributed by atoms with E-state index in [-0.39, 0.29) is 0 Å². The lowest BCUT2D eigenvalue weighted by Crippen LogP contribution is -2.32. The maximum atomic E-state index is 7.64. The quantitative estimate of drug-likeness (QED) is 0.287. The zero-order chi connectivity index (χ0) is 18.9. The van der Waals surface area contributed by atoms with Gasteiger partial charge in [0.15, 0.2) is 11.4 Å². The molecule has 4 aromatic rings. The fraction of sp³-hybridized carbons (Fsp3) is 0.227. The van der Waals surface area contributed by atoms with Gasteiger partial charge in [-0.05, 0) is 34.3 Å². The van der Waals surface area contributed by atoms with Crippen LogP contribution in [0.3, 0.4) is 0 Å². The number of benzene rings is 2. The highest BCUT2D eigenvalue weighted by molar-refractivity contribution is 7.19. The Bertz CT molecular complexity index is 1310. The van der Waals surface area contributed by atoms with Crippen LogP contribution in [0, 0.1) is 13.5 Å². The first kappa shape index (κ1) is 16.2. The fourth-order valence-electron chi connectivity index (χ4n) is 3.91. The molecule has 0 saturated carbocycles. The zero-order valence-corrected chi connectivity index (χ0v) is 16.4. The summed E-state index contributed by atoms with van der Waals surface area (Å²) in [5.41, 5.74) is 2.78. The van der Waals surface area contributed by atoms with Crippen LogP contribution in [0.1, 0.15) is 24.3 Å². The number of hydrogen-bond donors (Lipinski definition) is 0. The van der Waals surface area contributed by atoms with Crippen LogP contribution in [0.4, 0.5) is 0 Å². The second-order valence-corrected chi connectivity index (χ2v) is 8.51. The lowest BCUT2D eigenvalue weighted by molar-refractivity contribution is -0.662. The third kappa shape index (κ3) is 2.08. The summed E-state index contributed by atoms with van der Waals surface area (Å²) in [5, 5.41) is 3.40. The summed E-state index contributed by atoms with van der Waals surface area (Å²) < 4.78 is 8.53. The summed E-state index contributed by atoms with van der Waals surface area (Å²) in [5.74, 6) is 1.64. The predicted molar refractivity (Wildman–Crippen MR) is 108 cm³/mol. The highest BCUT2D eigenvalue weighted by Gasteiger charge is 2.40. The first-order valence-corrected chi connectivity index (χ1v) is 9.65. The zero-order valence-electron chi connectivity index (χ0n) is 15.6. The molecule has 0 amide bonds. The van der Waals surface area contributed by atoms with Crippen molar-refractivity contribution in [2.24, 2.45) is 7.05 Å². The number of rotatable bonds is 1. The minimum atomic E-state index is -0.653. The molecule has 0 spiro atoms. The van der Waals surface area contributed by atoms with E-state index in [1.54, 1.807) is 11.3 Å². The van der Waals surface area contributed by atoms with Crippen LogP contribution >= 0.6 is 11.3 Å². The van der Waals surface area contributed by atoms with E-state index in [1.165, 1.54) is 10.9 Å². The average Bonchev–Trinajstić information content (AvgIpc) is 3.04. The molecule has 0 radical (unpaired) electrons. The van der Waals surface area contributed by atoms with E-state index in [1.807, 2.05) is 33.3 Å². The Morgan fingerprint density at radius 2 is 2.04 bits per heavy atom. The molecule has 0 aliphatic carbocycles. The molecule has 0 fully saturated rings. The van der Waals surface area contributed by atoms with E-state index in [9.17, 15) is 0 Å². The molecule has 3 heterocycles. The number of fused-ring (bicyclic) bond motifs is 3. The van der Waals surface area contributed by atoms with E-state index < -0.39 is 5.54 Å². The number of nitrogens with zero attached hydrogens (tertiary/aromatic N) is 3. The third-order valence-corrected chi connectivity index (χ3v) is 6.73. The summed E-state index contributed by atoms with van der Waals surface area (Å²) >= 11 is 1.56. The standard InChI is InChI=1S/C22H18N3OS/c1-12-14-9-7-6-8-13(14)10-15-16(12)18-17-19(26-15)20(22(2,3)23-4)27-21(17)24-11-25(18)5/h6-11H,1-3,5H3/q+1. The number of aryl methyl sites for hydroxylation is 2. The summed E-state index contributed by atoms with van der Waals surface area (Å²) in [6, 6.07) is 10.5. The van der Waals surface area contributed by atoms with Crippen molar-refractivity contribution in [2.75, 3.05) is 0 Å². The van der Waals surface area contributed by atoms with Crippen molar-refractivity contribution in [1.82, 2.24) is 4.98 Å². The molecule has 0 bridgehead atoms. The molecule has 1 aliphatic rings. The number of aromatic nitrogens is 2. The van der Waals surface area contributed by atoms with E-state index in [4.69, 9.17) is 11.3 Å². The Kier molecular flexibility index (Phi) is 3.17. The van der Waals surface area contributed by atoms with Crippen LogP contribution < -0.4 is 9.30 Å². The average molecular weight is 372 g/mol. The summed E-state index contributed by atoms with van der Waals surface area (Å²) in [4.78, 5) is 10.3. The number of hydrogen-bond acceptors (Lipinski definition) is 3. The van der Waals surface area contributed by atoms with Gasteiger partial charge in [0, 0.05) is 13.8 Å². The first-order chi connectivity index (χ1) is 12.9. The molecule has 2 aromatic carbocycles. The van der Waals surface area contributed by atoms with Gasteiger partial charge in [-0.2, -0.15) is 0 Å². The molecule has 2 aromatic heterocycles. The van der Waals surface area contributed by atoms with Gasteiger partial charge in [0.2, 0.25) is 4.83 Å². The normalized spacial score (nSPS) is 12.7. The minimum absolute atomic E-state index is 0.653. The van der Waals surface area contributed by atoms with E-state index in [0.717, 1.165) is 43.2 Å². The molecule has 0 N–H and O–H groups in total. The Morgan fingerprint density at radius 1 is 1.26 bits per heavy atom. The van der Waals surface area contributed by atoms with Gasteiger partial charge in [0.05, 0.1) is 12.6 Å². The molecular weight excluding hydrogens is 354 g/mol. The monoisotopic (exact) mass is 372 g/mol. The van der Waals surface area contributed by atoms with Crippen LogP contribution in [0.5, 0.6) is 11.5 Å². The highest BCUT2D eigenvalue weighted by Crippen LogP contribution is 2.54. The SMILES string of the molecule is [C-]#[N+]C(C)(C)c1sc2nc[n+](C)c3c2c1Oc1cc2ccccc2c(C)c1-3. The molecule has 0 saturated heterocycles. The fourth-order valence-corrected chi connectivity index (χ4v) is 5.03. The van der Waals surface area contributed by atoms with Gasteiger partial charge in [0.1, 0.15) is 16.0 Å². The lowest BCUT2D eigenvalue weighted by Gasteiger charge is -2.22. The summed E-state index contributed by atoms with van der Waals surface area (Å²) in [6.07, 6.45) is 1.86. The predicted octanol–water partition coefficient (Wildman–Crippen LogP) is 5.51. The Labute approximate surface area is 161 Å². The Hall–Kier alpha value is -2.97. The van der Waals surface area contributed by atoms with Gasteiger partial charge < -0.3 is 9.58 Å². The third-order valence-electron chi connectivity index (χ3n) is 5.34. The van der Waals surface area contributed by atoms with Crippen LogP contribution in [-0.4, -0.2) is 4.98 Å². The molecule has 5 heteroatoms. The van der Waals surface area contributed by atoms with Crippen molar-refractivity contribution >= 4 is 32.3 Å². The number of ether oxygens (including phenoxy) is 1. The summed E-state index contributed by atoms with van der Waals surface area (Å²) in [6.45, 7) is 13.7. The van der Waals surface area contributed by atoms with Gasteiger partial charge in [0.25, 0.3) is 11.9 Å². The van der Waals surface area contributed by atoms with Crippen LogP contribution in [-0.2, 0) is 12.6 Å². The van der Waals surface area contributed by atoms with Crippen LogP contribution in [0.25, 0.3) is 37.1 Å². The summed E-state index contributed by atoms with van der Waals surface area (Å²) in [7, 11) is 2.02. The van der Waals surface area contributed by atoms with E-state index in [2.05, 4.69) is 45.6 Å². The van der Waals surface area contributed by atoms with Crippen molar-refractivity contribution in [3.63, 3.8) is 0 Å². The van der Waals surface area contributed by atoms with Crippen molar-refractivity contribution in [3.05, 3.63) is 58.5 Å². The van der Waals surface area contributed by atoms with Crippen molar-refractivity contribution in [3.8, 4) is 22.8 Å². The van der Waals surface area contributed by atoms with Crippen LogP contribution in [0.15, 0.2) is 36.7 Å². The topological polar surface area (TPSA) is 30.4 Å². The second-order valence-electron chi connectivity index (χ2n) is 7.51. The van der Waals surface area contributed by atoms with Crippen molar-refractivity contribution < 1.29 is 9.30 Å². The molecule has 27 heavy (non-hydrogen) atoms. The minimum Gasteiger partial charge on any atom is -0.454 e. The molecule has 1 aliphatic heterocycles. The second kappa shape index (κ2) is 5.28.